The number of hydrogen-bond acceptors (Lipinski definition) is 3. The first kappa shape index (κ1) is 11.9. The fourth-order valence-corrected chi connectivity index (χ4v) is 2.01. The van der Waals surface area contributed by atoms with E-state index in [1.165, 1.54) is 0 Å². The Balaban J connectivity index is 1.90. The number of fused-ring (bicyclic) bond motifs is 1. The third-order valence-electron chi connectivity index (χ3n) is 2.67. The quantitative estimate of drug-likeness (QED) is 0.714. The molecule has 0 spiro atoms. The van der Waals surface area contributed by atoms with Gasteiger partial charge in [-0.3, -0.25) is 9.89 Å². The van der Waals surface area contributed by atoms with Gasteiger partial charge in [0.1, 0.15) is 4.60 Å². The van der Waals surface area contributed by atoms with Crippen LogP contribution in [0.4, 0.5) is 5.69 Å². The molecule has 2 heterocycles. The number of aromatic nitrogens is 3. The number of nitrogens with one attached hydrogen (secondary N) is 2. The van der Waals surface area contributed by atoms with Crippen LogP contribution < -0.4 is 5.32 Å². The predicted molar refractivity (Wildman–Crippen MR) is 76.0 cm³/mol. The Morgan fingerprint density at radius 1 is 1.21 bits per heavy atom. The highest BCUT2D eigenvalue weighted by Crippen LogP contribution is 2.17. The normalized spacial score (nSPS) is 10.6. The van der Waals surface area contributed by atoms with Crippen molar-refractivity contribution in [2.75, 3.05) is 5.32 Å². The number of amides is 1. The topological polar surface area (TPSA) is 70.7 Å². The van der Waals surface area contributed by atoms with E-state index in [1.54, 1.807) is 18.3 Å². The number of rotatable bonds is 2. The van der Waals surface area contributed by atoms with E-state index < -0.39 is 0 Å². The number of hydrogen-bond donors (Lipinski definition) is 2. The van der Waals surface area contributed by atoms with Crippen LogP contribution in [-0.2, 0) is 0 Å². The van der Waals surface area contributed by atoms with Gasteiger partial charge in [-0.05, 0) is 34.1 Å². The molecule has 5 nitrogen and oxygen atoms in total. The second-order valence-electron chi connectivity index (χ2n) is 3.94. The molecular weight excluding hydrogens is 308 g/mol. The van der Waals surface area contributed by atoms with Gasteiger partial charge in [0.05, 0.1) is 17.4 Å². The van der Waals surface area contributed by atoms with Gasteiger partial charge < -0.3 is 5.32 Å². The van der Waals surface area contributed by atoms with Gasteiger partial charge in [0, 0.05) is 5.39 Å². The van der Waals surface area contributed by atoms with Crippen molar-refractivity contribution in [1.29, 1.82) is 0 Å². The molecule has 6 heteroatoms. The van der Waals surface area contributed by atoms with Crippen LogP contribution in [-0.4, -0.2) is 21.1 Å². The molecule has 0 saturated heterocycles. The molecule has 0 fully saturated rings. The number of H-pyrrole nitrogens is 1. The number of para-hydroxylation sites is 1. The first-order valence-electron chi connectivity index (χ1n) is 5.60. The number of aromatic amines is 1. The van der Waals surface area contributed by atoms with Crippen LogP contribution in [0.25, 0.3) is 10.9 Å². The first-order valence-corrected chi connectivity index (χ1v) is 6.39. The highest BCUT2D eigenvalue weighted by molar-refractivity contribution is 9.10. The number of carbonyl (C=O) groups excluding carboxylic acids is 1. The van der Waals surface area contributed by atoms with Crippen molar-refractivity contribution in [1.82, 2.24) is 15.2 Å². The fourth-order valence-electron chi connectivity index (χ4n) is 1.78. The van der Waals surface area contributed by atoms with E-state index in [2.05, 4.69) is 36.4 Å². The molecule has 2 N–H and O–H groups in total. The van der Waals surface area contributed by atoms with E-state index in [4.69, 9.17) is 0 Å². The third-order valence-corrected chi connectivity index (χ3v) is 3.14. The second-order valence-corrected chi connectivity index (χ2v) is 4.75. The van der Waals surface area contributed by atoms with Crippen LogP contribution >= 0.6 is 15.9 Å². The highest BCUT2D eigenvalue weighted by atomic mass is 79.9. The molecule has 0 aliphatic heterocycles. The zero-order valence-corrected chi connectivity index (χ0v) is 11.3. The Hall–Kier alpha value is -2.21. The number of anilines is 1. The molecule has 1 amide bonds. The summed E-state index contributed by atoms with van der Waals surface area (Å²) in [6.45, 7) is 0. The molecule has 0 radical (unpaired) electrons. The first-order chi connectivity index (χ1) is 9.24. The molecule has 0 atom stereocenters. The Bertz CT molecular complexity index is 736. The molecule has 0 aliphatic rings. The molecule has 2 aromatic heterocycles. The average Bonchev–Trinajstić information content (AvgIpc) is 2.85. The number of nitrogens with zero attached hydrogens (tertiary/aromatic N) is 2. The molecule has 3 aromatic rings. The number of pyridine rings is 1. The van der Waals surface area contributed by atoms with Crippen molar-refractivity contribution < 1.29 is 4.79 Å². The van der Waals surface area contributed by atoms with E-state index in [-0.39, 0.29) is 5.91 Å². The van der Waals surface area contributed by atoms with E-state index in [0.29, 0.717) is 11.4 Å². The fraction of sp³-hybridized carbons (Fsp3) is 0. The number of halogens is 1. The van der Waals surface area contributed by atoms with Crippen molar-refractivity contribution in [2.45, 2.75) is 0 Å². The van der Waals surface area contributed by atoms with Crippen molar-refractivity contribution in [2.24, 2.45) is 0 Å². The van der Waals surface area contributed by atoms with Gasteiger partial charge in [-0.1, -0.05) is 18.2 Å². The summed E-state index contributed by atoms with van der Waals surface area (Å²) >= 11 is 3.24. The molecule has 0 aliphatic carbocycles. The molecule has 0 unspecified atom stereocenters. The minimum atomic E-state index is -0.262. The minimum absolute atomic E-state index is 0.262. The molecule has 94 valence electrons. The van der Waals surface area contributed by atoms with Gasteiger partial charge in [0.25, 0.3) is 5.91 Å². The Morgan fingerprint density at radius 2 is 2.05 bits per heavy atom. The SMILES string of the molecule is O=C(Nc1ccc(Br)nc1)c1n[nH]c2ccccc12. The van der Waals surface area contributed by atoms with Gasteiger partial charge in [0.2, 0.25) is 0 Å². The molecule has 3 rings (SSSR count). The van der Waals surface area contributed by atoms with Crippen molar-refractivity contribution >= 4 is 38.4 Å². The van der Waals surface area contributed by atoms with Crippen LogP contribution in [0.3, 0.4) is 0 Å². The lowest BCUT2D eigenvalue weighted by Crippen LogP contribution is -2.12. The van der Waals surface area contributed by atoms with Crippen molar-refractivity contribution in [3.63, 3.8) is 0 Å². The van der Waals surface area contributed by atoms with Crippen LogP contribution in [0.1, 0.15) is 10.5 Å². The zero-order valence-electron chi connectivity index (χ0n) is 9.72. The summed E-state index contributed by atoms with van der Waals surface area (Å²) in [5.74, 6) is -0.262. The molecule has 0 saturated carbocycles. The van der Waals surface area contributed by atoms with Crippen molar-refractivity contribution in [3.8, 4) is 0 Å². The van der Waals surface area contributed by atoms with E-state index >= 15 is 0 Å². The van der Waals surface area contributed by atoms with Gasteiger partial charge >= 0.3 is 0 Å². The maximum absolute atomic E-state index is 12.1. The van der Waals surface area contributed by atoms with Crippen LogP contribution in [0.15, 0.2) is 47.2 Å². The Kier molecular flexibility index (Phi) is 3.00. The Morgan fingerprint density at radius 3 is 2.84 bits per heavy atom. The van der Waals surface area contributed by atoms with Gasteiger partial charge in [0.15, 0.2) is 5.69 Å². The molecule has 1 aromatic carbocycles. The lowest BCUT2D eigenvalue weighted by molar-refractivity contribution is 0.102. The van der Waals surface area contributed by atoms with Crippen LogP contribution in [0.5, 0.6) is 0 Å². The lowest BCUT2D eigenvalue weighted by Gasteiger charge is -2.02. The lowest BCUT2D eigenvalue weighted by atomic mass is 10.2. The molecule has 19 heavy (non-hydrogen) atoms. The highest BCUT2D eigenvalue weighted by Gasteiger charge is 2.13. The molecule has 0 bridgehead atoms. The van der Waals surface area contributed by atoms with E-state index in [9.17, 15) is 4.79 Å². The van der Waals surface area contributed by atoms with Gasteiger partial charge in [-0.15, -0.1) is 0 Å². The zero-order chi connectivity index (χ0) is 13.2. The largest absolute Gasteiger partial charge is 0.319 e. The standard InChI is InChI=1S/C13H9BrN4O/c14-11-6-5-8(7-15-11)16-13(19)12-9-3-1-2-4-10(9)17-18-12/h1-7H,(H,16,19)(H,17,18). The van der Waals surface area contributed by atoms with Crippen molar-refractivity contribution in [3.05, 3.63) is 52.9 Å². The summed E-state index contributed by atoms with van der Waals surface area (Å²) < 4.78 is 0.718. The summed E-state index contributed by atoms with van der Waals surface area (Å²) in [7, 11) is 0. The Labute approximate surface area is 117 Å². The summed E-state index contributed by atoms with van der Waals surface area (Å²) in [5.41, 5.74) is 1.83. The van der Waals surface area contributed by atoms with Gasteiger partial charge in [-0.2, -0.15) is 5.10 Å². The minimum Gasteiger partial charge on any atom is -0.319 e. The maximum atomic E-state index is 12.1. The van der Waals surface area contributed by atoms with Crippen LogP contribution in [0.2, 0.25) is 0 Å². The maximum Gasteiger partial charge on any atom is 0.276 e. The number of benzene rings is 1. The third kappa shape index (κ3) is 2.34. The predicted octanol–water partition coefficient (Wildman–Crippen LogP) is 2.97. The summed E-state index contributed by atoms with van der Waals surface area (Å²) in [4.78, 5) is 16.2. The smallest absolute Gasteiger partial charge is 0.276 e. The second kappa shape index (κ2) is 4.81. The monoisotopic (exact) mass is 316 g/mol. The van der Waals surface area contributed by atoms with E-state index in [0.717, 1.165) is 15.5 Å². The summed E-state index contributed by atoms with van der Waals surface area (Å²) in [6.07, 6.45) is 1.58. The van der Waals surface area contributed by atoms with Gasteiger partial charge in [-0.25, -0.2) is 4.98 Å². The summed E-state index contributed by atoms with van der Waals surface area (Å²) in [6, 6.07) is 11.0. The average molecular weight is 317 g/mol. The molecular formula is C13H9BrN4O. The summed E-state index contributed by atoms with van der Waals surface area (Å²) in [5, 5.41) is 10.4. The van der Waals surface area contributed by atoms with E-state index in [1.807, 2.05) is 24.3 Å². The van der Waals surface area contributed by atoms with Crippen LogP contribution in [0, 0.1) is 0 Å². The number of carbonyl (C=O) groups is 1.